The van der Waals surface area contributed by atoms with Crippen LogP contribution in [0.15, 0.2) is 69.1 Å². The molecule has 0 fully saturated rings. The first-order chi connectivity index (χ1) is 17.2. The number of benzene rings is 3. The molecule has 0 aliphatic rings. The molecule has 36 heavy (non-hydrogen) atoms. The molecule has 0 radical (unpaired) electrons. The first kappa shape index (κ1) is 26.7. The van der Waals surface area contributed by atoms with Gasteiger partial charge in [-0.2, -0.15) is 5.26 Å². The molecule has 0 unspecified atom stereocenters. The zero-order valence-corrected chi connectivity index (χ0v) is 22.3. The Morgan fingerprint density at radius 1 is 1.08 bits per heavy atom. The molecule has 3 aromatic rings. The SMILES string of the molecule is COc1ccc([N+](=O)[O-])cc1NC(=O)/C(C#N)=C/c1cc(Br)c(OCc2ccc(Br)cc2)c(OC)c1. The molecule has 0 spiro atoms. The number of hydrogen-bond donors (Lipinski definition) is 1. The highest BCUT2D eigenvalue weighted by Crippen LogP contribution is 2.38. The van der Waals surface area contributed by atoms with Gasteiger partial charge in [0.1, 0.15) is 24.0 Å². The molecule has 0 aliphatic heterocycles. The van der Waals surface area contributed by atoms with E-state index in [1.807, 2.05) is 30.3 Å². The molecule has 3 rings (SSSR count). The van der Waals surface area contributed by atoms with Gasteiger partial charge in [-0.3, -0.25) is 14.9 Å². The van der Waals surface area contributed by atoms with Gasteiger partial charge in [0, 0.05) is 16.6 Å². The van der Waals surface area contributed by atoms with Gasteiger partial charge in [0.25, 0.3) is 11.6 Å². The molecule has 0 atom stereocenters. The van der Waals surface area contributed by atoms with Crippen molar-refractivity contribution in [2.75, 3.05) is 19.5 Å². The summed E-state index contributed by atoms with van der Waals surface area (Å²) in [5, 5.41) is 23.2. The summed E-state index contributed by atoms with van der Waals surface area (Å²) in [6.45, 7) is 0.300. The second kappa shape index (κ2) is 12.2. The van der Waals surface area contributed by atoms with Crippen LogP contribution >= 0.6 is 31.9 Å². The van der Waals surface area contributed by atoms with Gasteiger partial charge < -0.3 is 19.5 Å². The monoisotopic (exact) mass is 615 g/mol. The zero-order chi connectivity index (χ0) is 26.2. The van der Waals surface area contributed by atoms with Crippen molar-refractivity contribution in [3.63, 3.8) is 0 Å². The lowest BCUT2D eigenvalue weighted by atomic mass is 10.1. The number of nitro benzene ring substituents is 1. The number of hydrogen-bond acceptors (Lipinski definition) is 7. The molecule has 0 saturated heterocycles. The maximum Gasteiger partial charge on any atom is 0.271 e. The Hall–Kier alpha value is -3.88. The lowest BCUT2D eigenvalue weighted by Crippen LogP contribution is -2.14. The second-order valence-corrected chi connectivity index (χ2v) is 8.98. The lowest BCUT2D eigenvalue weighted by Gasteiger charge is -2.14. The quantitative estimate of drug-likeness (QED) is 0.130. The summed E-state index contributed by atoms with van der Waals surface area (Å²) in [6, 6.07) is 16.6. The number of halogens is 2. The third-order valence-corrected chi connectivity index (χ3v) is 5.98. The summed E-state index contributed by atoms with van der Waals surface area (Å²) in [5.74, 6) is 0.303. The van der Waals surface area contributed by atoms with E-state index in [4.69, 9.17) is 14.2 Å². The highest BCUT2D eigenvalue weighted by Gasteiger charge is 2.17. The van der Waals surface area contributed by atoms with Gasteiger partial charge in [-0.05, 0) is 63.5 Å². The number of anilines is 1. The van der Waals surface area contributed by atoms with Crippen LogP contribution in [0.2, 0.25) is 0 Å². The number of ether oxygens (including phenoxy) is 3. The molecule has 1 N–H and O–H groups in total. The smallest absolute Gasteiger partial charge is 0.271 e. The van der Waals surface area contributed by atoms with E-state index in [1.54, 1.807) is 12.1 Å². The summed E-state index contributed by atoms with van der Waals surface area (Å²) in [7, 11) is 2.84. The highest BCUT2D eigenvalue weighted by atomic mass is 79.9. The Kier molecular flexibility index (Phi) is 9.05. The van der Waals surface area contributed by atoms with Crippen molar-refractivity contribution < 1.29 is 23.9 Å². The van der Waals surface area contributed by atoms with Crippen LogP contribution in [0.3, 0.4) is 0 Å². The van der Waals surface area contributed by atoms with Crippen LogP contribution < -0.4 is 19.5 Å². The minimum atomic E-state index is -0.762. The number of carbonyl (C=O) groups excluding carboxylic acids is 1. The molecule has 0 saturated carbocycles. The lowest BCUT2D eigenvalue weighted by molar-refractivity contribution is -0.384. The Morgan fingerprint density at radius 3 is 2.39 bits per heavy atom. The summed E-state index contributed by atoms with van der Waals surface area (Å²) in [6.07, 6.45) is 1.37. The van der Waals surface area contributed by atoms with Crippen LogP contribution in [0.1, 0.15) is 11.1 Å². The van der Waals surface area contributed by atoms with Crippen molar-refractivity contribution in [2.45, 2.75) is 6.61 Å². The average molecular weight is 617 g/mol. The molecule has 11 heteroatoms. The van der Waals surface area contributed by atoms with Crippen molar-refractivity contribution >= 4 is 55.2 Å². The van der Waals surface area contributed by atoms with Crippen LogP contribution in [0, 0.1) is 21.4 Å². The van der Waals surface area contributed by atoms with Gasteiger partial charge in [0.2, 0.25) is 0 Å². The predicted octanol–water partition coefficient (Wildman–Crippen LogP) is 6.26. The van der Waals surface area contributed by atoms with Crippen molar-refractivity contribution in [1.82, 2.24) is 0 Å². The van der Waals surface area contributed by atoms with E-state index in [0.717, 1.165) is 16.1 Å². The predicted molar refractivity (Wildman–Crippen MR) is 141 cm³/mol. The third-order valence-electron chi connectivity index (χ3n) is 4.87. The third kappa shape index (κ3) is 6.62. The van der Waals surface area contributed by atoms with E-state index in [2.05, 4.69) is 37.2 Å². The second-order valence-electron chi connectivity index (χ2n) is 7.21. The fourth-order valence-corrected chi connectivity index (χ4v) is 3.95. The zero-order valence-electron chi connectivity index (χ0n) is 19.1. The Bertz CT molecular complexity index is 1370. The van der Waals surface area contributed by atoms with Crippen LogP contribution in [0.5, 0.6) is 17.2 Å². The molecular formula is C25H19Br2N3O6. The number of nitro groups is 1. The van der Waals surface area contributed by atoms with E-state index in [-0.39, 0.29) is 22.7 Å². The van der Waals surface area contributed by atoms with Gasteiger partial charge in [-0.25, -0.2) is 0 Å². The number of methoxy groups -OCH3 is 2. The van der Waals surface area contributed by atoms with Gasteiger partial charge in [-0.1, -0.05) is 28.1 Å². The average Bonchev–Trinajstić information content (AvgIpc) is 2.87. The van der Waals surface area contributed by atoms with Crippen LogP contribution in [0.25, 0.3) is 6.08 Å². The summed E-state index contributed by atoms with van der Waals surface area (Å²) < 4.78 is 18.1. The van der Waals surface area contributed by atoms with E-state index in [9.17, 15) is 20.2 Å². The molecule has 3 aromatic carbocycles. The molecule has 0 aliphatic carbocycles. The Balaban J connectivity index is 1.85. The van der Waals surface area contributed by atoms with Crippen molar-refractivity contribution in [1.29, 1.82) is 5.26 Å². The van der Waals surface area contributed by atoms with E-state index in [1.165, 1.54) is 32.4 Å². The number of nitrogens with zero attached hydrogens (tertiary/aromatic N) is 2. The number of carbonyl (C=O) groups is 1. The van der Waals surface area contributed by atoms with Gasteiger partial charge in [-0.15, -0.1) is 0 Å². The first-order valence-electron chi connectivity index (χ1n) is 10.3. The molecule has 184 valence electrons. The van der Waals surface area contributed by atoms with Crippen LogP contribution in [0.4, 0.5) is 11.4 Å². The fraction of sp³-hybridized carbons (Fsp3) is 0.120. The van der Waals surface area contributed by atoms with E-state index in [0.29, 0.717) is 28.1 Å². The molecule has 1 amide bonds. The van der Waals surface area contributed by atoms with Crippen molar-refractivity contribution in [3.8, 4) is 23.3 Å². The van der Waals surface area contributed by atoms with Gasteiger partial charge >= 0.3 is 0 Å². The Labute approximate surface area is 223 Å². The van der Waals surface area contributed by atoms with E-state index >= 15 is 0 Å². The maximum absolute atomic E-state index is 12.8. The topological polar surface area (TPSA) is 124 Å². The van der Waals surface area contributed by atoms with Crippen molar-refractivity contribution in [3.05, 3.63) is 90.4 Å². The number of amides is 1. The largest absolute Gasteiger partial charge is 0.495 e. The fourth-order valence-electron chi connectivity index (χ4n) is 3.11. The van der Waals surface area contributed by atoms with Gasteiger partial charge in [0.05, 0.1) is 29.3 Å². The number of nitriles is 1. The Morgan fingerprint density at radius 2 is 1.78 bits per heavy atom. The molecule has 0 bridgehead atoms. The molecule has 9 nitrogen and oxygen atoms in total. The summed E-state index contributed by atoms with van der Waals surface area (Å²) in [5.41, 5.74) is 1.04. The van der Waals surface area contributed by atoms with Crippen molar-refractivity contribution in [2.24, 2.45) is 0 Å². The van der Waals surface area contributed by atoms with E-state index < -0.39 is 10.8 Å². The number of non-ortho nitro benzene ring substituents is 1. The molecule has 0 aromatic heterocycles. The summed E-state index contributed by atoms with van der Waals surface area (Å²) in [4.78, 5) is 23.3. The minimum Gasteiger partial charge on any atom is -0.495 e. The maximum atomic E-state index is 12.8. The molecule has 0 heterocycles. The minimum absolute atomic E-state index is 0.0632. The number of rotatable bonds is 9. The molecular weight excluding hydrogens is 598 g/mol. The summed E-state index contributed by atoms with van der Waals surface area (Å²) >= 11 is 6.86. The first-order valence-corrected chi connectivity index (χ1v) is 11.8. The van der Waals surface area contributed by atoms with Crippen LogP contribution in [-0.2, 0) is 11.4 Å². The normalized spacial score (nSPS) is 10.8. The number of nitrogens with one attached hydrogen (secondary N) is 1. The standard InChI is InChI=1S/C25H19Br2N3O6/c1-34-22-8-7-19(30(32)33)12-21(22)29-25(31)17(13-28)9-16-10-20(27)24(23(11-16)35-2)36-14-15-3-5-18(26)6-4-15/h3-12H,14H2,1-2H3,(H,29,31)/b17-9+. The highest BCUT2D eigenvalue weighted by molar-refractivity contribution is 9.10. The van der Waals surface area contributed by atoms with Gasteiger partial charge in [0.15, 0.2) is 11.5 Å². The van der Waals surface area contributed by atoms with Crippen LogP contribution in [-0.4, -0.2) is 25.1 Å².